The Morgan fingerprint density at radius 3 is 2.40 bits per heavy atom. The fourth-order valence-electron chi connectivity index (χ4n) is 1.92. The number of carbonyl (C=O) groups is 2. The maximum atomic E-state index is 11.7. The second-order valence-electron chi connectivity index (χ2n) is 5.90. The molecule has 0 aromatic rings. The first-order chi connectivity index (χ1) is 9.26. The Bertz CT molecular complexity index is 302. The van der Waals surface area contributed by atoms with Crippen molar-refractivity contribution in [3.63, 3.8) is 0 Å². The molecule has 0 spiro atoms. The molecule has 5 heteroatoms. The van der Waals surface area contributed by atoms with Gasteiger partial charge < -0.3 is 15.6 Å². The van der Waals surface area contributed by atoms with Gasteiger partial charge >= 0.3 is 11.9 Å². The van der Waals surface area contributed by atoms with Crippen LogP contribution in [0.5, 0.6) is 0 Å². The molecule has 0 aliphatic heterocycles. The highest BCUT2D eigenvalue weighted by Crippen LogP contribution is 2.20. The number of aliphatic carboxylic acids is 1. The lowest BCUT2D eigenvalue weighted by Gasteiger charge is -2.25. The molecule has 20 heavy (non-hydrogen) atoms. The Kier molecular flexibility index (Phi) is 9.21. The number of rotatable bonds is 11. The second-order valence-corrected chi connectivity index (χ2v) is 5.90. The average molecular weight is 287 g/mol. The average Bonchev–Trinajstić information content (AvgIpc) is 2.34. The number of unbranched alkanes of at least 4 members (excludes halogenated alkanes) is 2. The van der Waals surface area contributed by atoms with Gasteiger partial charge in [0.2, 0.25) is 0 Å². The summed E-state index contributed by atoms with van der Waals surface area (Å²) in [5.74, 6) is -0.965. The Morgan fingerprint density at radius 2 is 1.85 bits per heavy atom. The van der Waals surface area contributed by atoms with E-state index in [4.69, 9.17) is 15.6 Å². The molecule has 1 atom stereocenters. The van der Waals surface area contributed by atoms with Gasteiger partial charge in [0.05, 0.1) is 0 Å². The smallest absolute Gasteiger partial charge is 0.306 e. The van der Waals surface area contributed by atoms with Crippen LogP contribution in [0.3, 0.4) is 0 Å². The molecule has 0 heterocycles. The van der Waals surface area contributed by atoms with Crippen molar-refractivity contribution in [2.24, 2.45) is 5.73 Å². The van der Waals surface area contributed by atoms with Gasteiger partial charge in [-0.15, -0.1) is 0 Å². The normalized spacial score (nSPS) is 13.0. The number of carboxylic acids is 1. The fraction of sp³-hybridized carbons (Fsp3) is 0.867. The van der Waals surface area contributed by atoms with Crippen molar-refractivity contribution in [1.82, 2.24) is 0 Å². The highest BCUT2D eigenvalue weighted by atomic mass is 16.6. The molecule has 0 rings (SSSR count). The summed E-state index contributed by atoms with van der Waals surface area (Å²) in [6, 6.07) is 0.0571. The maximum absolute atomic E-state index is 11.7. The highest BCUT2D eigenvalue weighted by Gasteiger charge is 2.22. The number of ether oxygens (including phenoxy) is 1. The van der Waals surface area contributed by atoms with Crippen molar-refractivity contribution in [1.29, 1.82) is 0 Å². The molecule has 0 amide bonds. The molecular weight excluding hydrogens is 258 g/mol. The molecule has 0 aliphatic carbocycles. The summed E-state index contributed by atoms with van der Waals surface area (Å²) in [4.78, 5) is 22.1. The minimum atomic E-state index is -0.761. The zero-order valence-electron chi connectivity index (χ0n) is 13.0. The molecule has 0 aliphatic rings. The fourth-order valence-corrected chi connectivity index (χ4v) is 1.92. The van der Waals surface area contributed by atoms with Gasteiger partial charge in [0, 0.05) is 18.9 Å². The van der Waals surface area contributed by atoms with Crippen LogP contribution < -0.4 is 5.73 Å². The highest BCUT2D eigenvalue weighted by molar-refractivity contribution is 5.69. The first-order valence-corrected chi connectivity index (χ1v) is 7.46. The first-order valence-electron chi connectivity index (χ1n) is 7.46. The number of esters is 1. The van der Waals surface area contributed by atoms with Gasteiger partial charge in [-0.25, -0.2) is 0 Å². The molecular formula is C15H29NO4. The summed E-state index contributed by atoms with van der Waals surface area (Å²) in [7, 11) is 0. The number of carbonyl (C=O) groups excluding carboxylic acids is 1. The van der Waals surface area contributed by atoms with E-state index in [2.05, 4.69) is 0 Å². The zero-order valence-corrected chi connectivity index (χ0v) is 13.0. The first kappa shape index (κ1) is 18.9. The predicted molar refractivity (Wildman–Crippen MR) is 78.4 cm³/mol. The minimum absolute atomic E-state index is 0.0571. The van der Waals surface area contributed by atoms with Crippen LogP contribution in [0, 0.1) is 0 Å². The van der Waals surface area contributed by atoms with E-state index in [0.29, 0.717) is 19.3 Å². The molecule has 0 aromatic heterocycles. The topological polar surface area (TPSA) is 89.6 Å². The summed E-state index contributed by atoms with van der Waals surface area (Å²) in [6.45, 7) is 5.78. The predicted octanol–water partition coefficient (Wildman–Crippen LogP) is 2.86. The molecule has 5 nitrogen and oxygen atoms in total. The number of hydrogen-bond acceptors (Lipinski definition) is 4. The molecule has 0 fully saturated rings. The van der Waals surface area contributed by atoms with Crippen LogP contribution in [0.15, 0.2) is 0 Å². The molecule has 3 N–H and O–H groups in total. The monoisotopic (exact) mass is 287 g/mol. The van der Waals surface area contributed by atoms with E-state index in [1.807, 2.05) is 20.8 Å². The molecule has 1 unspecified atom stereocenters. The van der Waals surface area contributed by atoms with E-state index < -0.39 is 11.6 Å². The van der Waals surface area contributed by atoms with Crippen LogP contribution in [0.4, 0.5) is 0 Å². The van der Waals surface area contributed by atoms with Crippen molar-refractivity contribution in [3.05, 3.63) is 0 Å². The lowest BCUT2D eigenvalue weighted by atomic mass is 9.99. The largest absolute Gasteiger partial charge is 0.481 e. The van der Waals surface area contributed by atoms with Crippen LogP contribution in [-0.4, -0.2) is 28.7 Å². The maximum Gasteiger partial charge on any atom is 0.306 e. The van der Waals surface area contributed by atoms with Crippen LogP contribution in [0.1, 0.15) is 72.1 Å². The van der Waals surface area contributed by atoms with Crippen molar-refractivity contribution in [2.45, 2.75) is 83.8 Å². The Balaban J connectivity index is 3.81. The number of carboxylic acid groups (broad SMARTS) is 1. The van der Waals surface area contributed by atoms with Crippen molar-refractivity contribution >= 4 is 11.9 Å². The molecule has 0 radical (unpaired) electrons. The van der Waals surface area contributed by atoms with E-state index in [1.54, 1.807) is 0 Å². The third-order valence-corrected chi connectivity index (χ3v) is 3.30. The van der Waals surface area contributed by atoms with Gasteiger partial charge in [-0.05, 0) is 46.0 Å². The summed E-state index contributed by atoms with van der Waals surface area (Å²) in [5, 5.41) is 8.54. The van der Waals surface area contributed by atoms with Crippen LogP contribution in [-0.2, 0) is 14.3 Å². The van der Waals surface area contributed by atoms with Crippen molar-refractivity contribution in [2.75, 3.05) is 0 Å². The Morgan fingerprint density at radius 1 is 1.20 bits per heavy atom. The molecule has 118 valence electrons. The van der Waals surface area contributed by atoms with Crippen molar-refractivity contribution in [3.8, 4) is 0 Å². The van der Waals surface area contributed by atoms with Crippen LogP contribution >= 0.6 is 0 Å². The summed E-state index contributed by atoms with van der Waals surface area (Å²) < 4.78 is 5.45. The van der Waals surface area contributed by atoms with Gasteiger partial charge in [-0.2, -0.15) is 0 Å². The quantitative estimate of drug-likeness (QED) is 0.450. The lowest BCUT2D eigenvalue weighted by molar-refractivity contribution is -0.157. The standard InChI is InChI=1S/C15H29NO4/c1-4-12(16)9-10-14(19)20-15(2,3)11-7-5-6-8-13(17)18/h12H,4-11,16H2,1-3H3,(H,17,18). The van der Waals surface area contributed by atoms with E-state index in [0.717, 1.165) is 25.7 Å². The zero-order chi connectivity index (χ0) is 15.6. The van der Waals surface area contributed by atoms with E-state index in [-0.39, 0.29) is 18.4 Å². The van der Waals surface area contributed by atoms with E-state index in [9.17, 15) is 9.59 Å². The van der Waals surface area contributed by atoms with Crippen LogP contribution in [0.25, 0.3) is 0 Å². The summed E-state index contributed by atoms with van der Waals surface area (Å²) in [6.07, 6.45) is 5.20. The van der Waals surface area contributed by atoms with Gasteiger partial charge in [0.25, 0.3) is 0 Å². The van der Waals surface area contributed by atoms with Crippen molar-refractivity contribution < 1.29 is 19.4 Å². The Labute approximate surface area is 121 Å². The number of hydrogen-bond donors (Lipinski definition) is 2. The van der Waals surface area contributed by atoms with E-state index >= 15 is 0 Å². The van der Waals surface area contributed by atoms with Gasteiger partial charge in [-0.3, -0.25) is 9.59 Å². The van der Waals surface area contributed by atoms with Gasteiger partial charge in [0.15, 0.2) is 0 Å². The van der Waals surface area contributed by atoms with Gasteiger partial charge in [-0.1, -0.05) is 13.3 Å². The lowest BCUT2D eigenvalue weighted by Crippen LogP contribution is -2.29. The SMILES string of the molecule is CCC(N)CCC(=O)OC(C)(C)CCCCCC(=O)O. The molecule has 0 bridgehead atoms. The van der Waals surface area contributed by atoms with E-state index in [1.165, 1.54) is 0 Å². The third-order valence-electron chi connectivity index (χ3n) is 3.30. The Hall–Kier alpha value is -1.10. The molecule has 0 saturated carbocycles. The molecule has 0 saturated heterocycles. The van der Waals surface area contributed by atoms with Gasteiger partial charge in [0.1, 0.15) is 5.60 Å². The van der Waals surface area contributed by atoms with Crippen LogP contribution in [0.2, 0.25) is 0 Å². The minimum Gasteiger partial charge on any atom is -0.481 e. The second kappa shape index (κ2) is 9.75. The third kappa shape index (κ3) is 10.8. The summed E-state index contributed by atoms with van der Waals surface area (Å²) in [5.41, 5.74) is 5.28. The molecule has 0 aromatic carbocycles. The summed E-state index contributed by atoms with van der Waals surface area (Å²) >= 11 is 0. The number of nitrogens with two attached hydrogens (primary N) is 1.